The molecule has 17 heavy (non-hydrogen) atoms. The van der Waals surface area contributed by atoms with Crippen LogP contribution in [-0.2, 0) is 0 Å². The Labute approximate surface area is 101 Å². The van der Waals surface area contributed by atoms with Crippen LogP contribution in [0.5, 0.6) is 0 Å². The van der Waals surface area contributed by atoms with Crippen molar-refractivity contribution in [2.24, 2.45) is 11.8 Å². The summed E-state index contributed by atoms with van der Waals surface area (Å²) in [7, 11) is 0. The zero-order valence-electron chi connectivity index (χ0n) is 10.2. The summed E-state index contributed by atoms with van der Waals surface area (Å²) in [6.45, 7) is 5.77. The molecule has 6 nitrogen and oxygen atoms in total. The van der Waals surface area contributed by atoms with Crippen LogP contribution in [0.15, 0.2) is 12.4 Å². The number of hydrogen-bond acceptors (Lipinski definition) is 6. The van der Waals surface area contributed by atoms with Gasteiger partial charge in [-0.05, 0) is 5.92 Å². The van der Waals surface area contributed by atoms with E-state index < -0.39 is 0 Å². The SMILES string of the molecule is CC(C)CN(CCC#N)c1cc(NN)ncn1. The zero-order chi connectivity index (χ0) is 12.7. The molecule has 0 radical (unpaired) electrons. The van der Waals surface area contributed by atoms with E-state index in [1.165, 1.54) is 6.33 Å². The molecule has 1 rings (SSSR count). The highest BCUT2D eigenvalue weighted by Crippen LogP contribution is 2.15. The Balaban J connectivity index is 2.83. The number of nitriles is 1. The van der Waals surface area contributed by atoms with Crippen molar-refractivity contribution in [2.45, 2.75) is 20.3 Å². The largest absolute Gasteiger partial charge is 0.355 e. The average molecular weight is 234 g/mol. The van der Waals surface area contributed by atoms with Crippen molar-refractivity contribution in [1.82, 2.24) is 9.97 Å². The van der Waals surface area contributed by atoms with Crippen molar-refractivity contribution in [3.05, 3.63) is 12.4 Å². The predicted molar refractivity (Wildman–Crippen MR) is 67.1 cm³/mol. The van der Waals surface area contributed by atoms with Gasteiger partial charge in [0.1, 0.15) is 18.0 Å². The number of hydrogen-bond donors (Lipinski definition) is 2. The number of nitrogens with zero attached hydrogens (tertiary/aromatic N) is 4. The van der Waals surface area contributed by atoms with Gasteiger partial charge in [-0.15, -0.1) is 0 Å². The third kappa shape index (κ3) is 4.25. The van der Waals surface area contributed by atoms with Crippen molar-refractivity contribution >= 4 is 11.6 Å². The van der Waals surface area contributed by atoms with Crippen molar-refractivity contribution < 1.29 is 0 Å². The molecule has 1 aromatic rings. The normalized spacial score (nSPS) is 10.1. The summed E-state index contributed by atoms with van der Waals surface area (Å²) >= 11 is 0. The molecule has 0 bridgehead atoms. The topological polar surface area (TPSA) is 90.9 Å². The van der Waals surface area contributed by atoms with Crippen LogP contribution in [0.25, 0.3) is 0 Å². The Morgan fingerprint density at radius 3 is 2.88 bits per heavy atom. The fraction of sp³-hybridized carbons (Fsp3) is 0.545. The van der Waals surface area contributed by atoms with E-state index in [1.807, 2.05) is 0 Å². The Morgan fingerprint density at radius 1 is 1.53 bits per heavy atom. The van der Waals surface area contributed by atoms with Gasteiger partial charge in [-0.3, -0.25) is 0 Å². The van der Waals surface area contributed by atoms with E-state index in [-0.39, 0.29) is 0 Å². The third-order valence-corrected chi connectivity index (χ3v) is 2.20. The van der Waals surface area contributed by atoms with E-state index in [0.717, 1.165) is 12.4 Å². The Hall–Kier alpha value is -1.87. The minimum Gasteiger partial charge on any atom is -0.355 e. The van der Waals surface area contributed by atoms with Crippen LogP contribution in [-0.4, -0.2) is 23.1 Å². The first-order valence-corrected chi connectivity index (χ1v) is 5.58. The Kier molecular flexibility index (Phi) is 5.17. The molecule has 0 saturated heterocycles. The van der Waals surface area contributed by atoms with Crippen molar-refractivity contribution in [2.75, 3.05) is 23.4 Å². The monoisotopic (exact) mass is 234 g/mol. The number of hydrazine groups is 1. The fourth-order valence-corrected chi connectivity index (χ4v) is 1.52. The molecular formula is C11H18N6. The first-order valence-electron chi connectivity index (χ1n) is 5.58. The maximum absolute atomic E-state index is 8.66. The molecule has 1 heterocycles. The summed E-state index contributed by atoms with van der Waals surface area (Å²) in [6.07, 6.45) is 1.94. The number of rotatable bonds is 6. The first-order chi connectivity index (χ1) is 8.17. The first kappa shape index (κ1) is 13.2. The Bertz CT molecular complexity index is 384. The second-order valence-electron chi connectivity index (χ2n) is 4.15. The quantitative estimate of drug-likeness (QED) is 0.566. The summed E-state index contributed by atoms with van der Waals surface area (Å²) in [5.41, 5.74) is 2.49. The summed E-state index contributed by atoms with van der Waals surface area (Å²) in [4.78, 5) is 10.2. The van der Waals surface area contributed by atoms with Crippen LogP contribution in [0.1, 0.15) is 20.3 Å². The molecule has 1 aromatic heterocycles. The van der Waals surface area contributed by atoms with E-state index in [0.29, 0.717) is 24.7 Å². The van der Waals surface area contributed by atoms with Crippen LogP contribution in [0.3, 0.4) is 0 Å². The van der Waals surface area contributed by atoms with Crippen LogP contribution in [0.4, 0.5) is 11.6 Å². The molecular weight excluding hydrogens is 216 g/mol. The van der Waals surface area contributed by atoms with Gasteiger partial charge in [0.15, 0.2) is 0 Å². The molecule has 0 amide bonds. The molecule has 0 unspecified atom stereocenters. The van der Waals surface area contributed by atoms with Gasteiger partial charge in [-0.25, -0.2) is 15.8 Å². The third-order valence-electron chi connectivity index (χ3n) is 2.20. The predicted octanol–water partition coefficient (Wildman–Crippen LogP) is 1.14. The molecule has 0 atom stereocenters. The standard InChI is InChI=1S/C11H18N6/c1-9(2)7-17(5-3-4-12)11-6-10(16-13)14-8-15-11/h6,8-9H,3,5,7,13H2,1-2H3,(H,14,15,16). The van der Waals surface area contributed by atoms with E-state index in [1.54, 1.807) is 6.07 Å². The van der Waals surface area contributed by atoms with Crippen LogP contribution in [0.2, 0.25) is 0 Å². The molecule has 6 heteroatoms. The average Bonchev–Trinajstić information content (AvgIpc) is 2.34. The van der Waals surface area contributed by atoms with Gasteiger partial charge in [0.2, 0.25) is 0 Å². The highest BCUT2D eigenvalue weighted by atomic mass is 15.3. The molecule has 0 aliphatic carbocycles. The molecule has 0 aliphatic heterocycles. The smallest absolute Gasteiger partial charge is 0.145 e. The molecule has 0 aromatic carbocycles. The number of nitrogens with one attached hydrogen (secondary N) is 1. The number of nitrogen functional groups attached to an aromatic ring is 1. The molecule has 3 N–H and O–H groups in total. The minimum atomic E-state index is 0.474. The van der Waals surface area contributed by atoms with Gasteiger partial charge in [-0.1, -0.05) is 13.8 Å². The second-order valence-corrected chi connectivity index (χ2v) is 4.15. The molecule has 0 spiro atoms. The number of nitrogens with two attached hydrogens (primary N) is 1. The zero-order valence-corrected chi connectivity index (χ0v) is 10.2. The van der Waals surface area contributed by atoms with Gasteiger partial charge in [0.25, 0.3) is 0 Å². The highest BCUT2D eigenvalue weighted by Gasteiger charge is 2.10. The summed E-state index contributed by atoms with van der Waals surface area (Å²) in [6, 6.07) is 3.92. The molecule has 0 fully saturated rings. The van der Waals surface area contributed by atoms with Gasteiger partial charge >= 0.3 is 0 Å². The van der Waals surface area contributed by atoms with Crippen LogP contribution in [0, 0.1) is 17.2 Å². The summed E-state index contributed by atoms with van der Waals surface area (Å²) in [5.74, 6) is 7.17. The summed E-state index contributed by atoms with van der Waals surface area (Å²) < 4.78 is 0. The lowest BCUT2D eigenvalue weighted by molar-refractivity contribution is 0.607. The van der Waals surface area contributed by atoms with Crippen LogP contribution < -0.4 is 16.2 Å². The lowest BCUT2D eigenvalue weighted by Gasteiger charge is -2.24. The van der Waals surface area contributed by atoms with Gasteiger partial charge in [0, 0.05) is 19.2 Å². The van der Waals surface area contributed by atoms with E-state index >= 15 is 0 Å². The van der Waals surface area contributed by atoms with Gasteiger partial charge in [-0.2, -0.15) is 5.26 Å². The van der Waals surface area contributed by atoms with Crippen molar-refractivity contribution in [3.63, 3.8) is 0 Å². The van der Waals surface area contributed by atoms with E-state index in [2.05, 4.69) is 40.2 Å². The van der Waals surface area contributed by atoms with Gasteiger partial charge < -0.3 is 10.3 Å². The number of aromatic nitrogens is 2. The molecule has 92 valence electrons. The van der Waals surface area contributed by atoms with Crippen LogP contribution >= 0.6 is 0 Å². The maximum atomic E-state index is 8.66. The van der Waals surface area contributed by atoms with E-state index in [4.69, 9.17) is 11.1 Å². The molecule has 0 saturated carbocycles. The number of anilines is 2. The minimum absolute atomic E-state index is 0.474. The lowest BCUT2D eigenvalue weighted by atomic mass is 10.2. The highest BCUT2D eigenvalue weighted by molar-refractivity contribution is 5.47. The van der Waals surface area contributed by atoms with Gasteiger partial charge in [0.05, 0.1) is 12.5 Å². The second kappa shape index (κ2) is 6.66. The van der Waals surface area contributed by atoms with E-state index in [9.17, 15) is 0 Å². The Morgan fingerprint density at radius 2 is 2.29 bits per heavy atom. The summed E-state index contributed by atoms with van der Waals surface area (Å²) in [5, 5.41) is 8.66. The lowest BCUT2D eigenvalue weighted by Crippen LogP contribution is -2.29. The maximum Gasteiger partial charge on any atom is 0.145 e. The van der Waals surface area contributed by atoms with Crippen molar-refractivity contribution in [1.29, 1.82) is 5.26 Å². The molecule has 0 aliphatic rings. The van der Waals surface area contributed by atoms with Crippen molar-refractivity contribution in [3.8, 4) is 6.07 Å². The fourth-order valence-electron chi connectivity index (χ4n) is 1.52.